The van der Waals surface area contributed by atoms with Crippen molar-refractivity contribution in [2.75, 3.05) is 11.1 Å². The molecule has 4 nitrogen and oxygen atoms in total. The Bertz CT molecular complexity index is 943. The summed E-state index contributed by atoms with van der Waals surface area (Å²) in [6, 6.07) is 10.7. The van der Waals surface area contributed by atoms with Crippen LogP contribution >= 0.6 is 11.8 Å². The van der Waals surface area contributed by atoms with Gasteiger partial charge in [0, 0.05) is 17.0 Å². The summed E-state index contributed by atoms with van der Waals surface area (Å²) < 4.78 is 39.3. The molecule has 1 aliphatic heterocycles. The second-order valence-corrected chi connectivity index (χ2v) is 7.95. The van der Waals surface area contributed by atoms with E-state index in [0.717, 1.165) is 23.8 Å². The normalized spacial score (nSPS) is 19.8. The van der Waals surface area contributed by atoms with E-state index < -0.39 is 23.2 Å². The van der Waals surface area contributed by atoms with Crippen LogP contribution in [-0.2, 0) is 11.7 Å². The maximum atomic E-state index is 13.1. The average molecular weight is 407 g/mol. The number of carbonyl (C=O) groups excluding carboxylic acids is 1. The fourth-order valence-corrected chi connectivity index (χ4v) is 4.19. The molecule has 2 aromatic carbocycles. The van der Waals surface area contributed by atoms with Gasteiger partial charge in [-0.15, -0.1) is 0 Å². The number of halogens is 3. The highest BCUT2D eigenvalue weighted by Crippen LogP contribution is 2.36. The number of rotatable bonds is 3. The standard InChI is InChI=1S/C20H20F3N3OS/c1-12-15(7-4-8-16(12)20(21,22)23)17(27)25-14-6-3-5-13(11-14)19(2)9-10-28-18(24)26-19/h3-8,11H,9-10H2,1-2H3,(H2,24,26)(H,25,27). The molecule has 1 heterocycles. The minimum absolute atomic E-state index is 0.0113. The second kappa shape index (κ2) is 7.50. The van der Waals surface area contributed by atoms with Crippen LogP contribution in [0, 0.1) is 6.92 Å². The zero-order chi connectivity index (χ0) is 20.5. The predicted molar refractivity (Wildman–Crippen MR) is 107 cm³/mol. The Labute approximate surface area is 165 Å². The first kappa shape index (κ1) is 20.3. The number of nitrogens with zero attached hydrogens (tertiary/aromatic N) is 1. The summed E-state index contributed by atoms with van der Waals surface area (Å²) in [4.78, 5) is 17.1. The van der Waals surface area contributed by atoms with Crippen LogP contribution in [0.4, 0.5) is 18.9 Å². The third kappa shape index (κ3) is 4.16. The molecule has 0 fully saturated rings. The summed E-state index contributed by atoms with van der Waals surface area (Å²) in [7, 11) is 0. The number of amidine groups is 1. The number of nitrogens with one attached hydrogen (secondary N) is 1. The summed E-state index contributed by atoms with van der Waals surface area (Å²) >= 11 is 1.50. The Morgan fingerprint density at radius 3 is 2.64 bits per heavy atom. The van der Waals surface area contributed by atoms with Gasteiger partial charge in [0.05, 0.1) is 11.1 Å². The van der Waals surface area contributed by atoms with Gasteiger partial charge in [-0.1, -0.05) is 30.0 Å². The number of alkyl halides is 3. The Kier molecular flexibility index (Phi) is 5.43. The average Bonchev–Trinajstić information content (AvgIpc) is 2.61. The van der Waals surface area contributed by atoms with E-state index in [-0.39, 0.29) is 11.1 Å². The number of amides is 1. The molecular weight excluding hydrogens is 387 g/mol. The van der Waals surface area contributed by atoms with E-state index in [0.29, 0.717) is 10.9 Å². The fourth-order valence-electron chi connectivity index (χ4n) is 3.21. The van der Waals surface area contributed by atoms with Crippen LogP contribution in [-0.4, -0.2) is 16.8 Å². The van der Waals surface area contributed by atoms with Crippen molar-refractivity contribution in [3.05, 3.63) is 64.7 Å². The van der Waals surface area contributed by atoms with Crippen molar-refractivity contribution in [2.24, 2.45) is 10.7 Å². The van der Waals surface area contributed by atoms with Crippen molar-refractivity contribution in [2.45, 2.75) is 32.0 Å². The molecule has 2 aromatic rings. The first-order valence-corrected chi connectivity index (χ1v) is 9.65. The molecule has 0 radical (unpaired) electrons. The minimum Gasteiger partial charge on any atom is -0.379 e. The number of anilines is 1. The Morgan fingerprint density at radius 2 is 1.96 bits per heavy atom. The summed E-state index contributed by atoms with van der Waals surface area (Å²) in [5.41, 5.74) is 5.81. The fraction of sp³-hybridized carbons (Fsp3) is 0.300. The largest absolute Gasteiger partial charge is 0.416 e. The van der Waals surface area contributed by atoms with Crippen LogP contribution in [0.15, 0.2) is 47.5 Å². The Morgan fingerprint density at radius 1 is 1.25 bits per heavy atom. The molecule has 0 bridgehead atoms. The molecule has 1 aliphatic rings. The van der Waals surface area contributed by atoms with E-state index in [4.69, 9.17) is 5.73 Å². The van der Waals surface area contributed by atoms with Crippen molar-refractivity contribution in [1.29, 1.82) is 0 Å². The van der Waals surface area contributed by atoms with Crippen molar-refractivity contribution in [3.8, 4) is 0 Å². The minimum atomic E-state index is -4.51. The smallest absolute Gasteiger partial charge is 0.379 e. The first-order chi connectivity index (χ1) is 13.1. The molecule has 0 saturated heterocycles. The van der Waals surface area contributed by atoms with E-state index in [1.165, 1.54) is 30.8 Å². The van der Waals surface area contributed by atoms with Gasteiger partial charge in [0.1, 0.15) is 0 Å². The molecule has 1 atom stereocenters. The van der Waals surface area contributed by atoms with E-state index in [1.54, 1.807) is 18.2 Å². The van der Waals surface area contributed by atoms with Gasteiger partial charge in [0.15, 0.2) is 5.17 Å². The lowest BCUT2D eigenvalue weighted by Gasteiger charge is -2.30. The summed E-state index contributed by atoms with van der Waals surface area (Å²) in [5, 5.41) is 3.21. The predicted octanol–water partition coefficient (Wildman–Crippen LogP) is 4.93. The lowest BCUT2D eigenvalue weighted by Crippen LogP contribution is -2.28. The first-order valence-electron chi connectivity index (χ1n) is 8.67. The van der Waals surface area contributed by atoms with Gasteiger partial charge in [-0.2, -0.15) is 13.2 Å². The highest BCUT2D eigenvalue weighted by Gasteiger charge is 2.34. The molecule has 148 valence electrons. The van der Waals surface area contributed by atoms with Crippen LogP contribution in [0.3, 0.4) is 0 Å². The summed E-state index contributed by atoms with van der Waals surface area (Å²) in [5.74, 6) is 0.249. The van der Waals surface area contributed by atoms with Crippen LogP contribution in [0.1, 0.15) is 40.4 Å². The number of thioether (sulfide) groups is 1. The molecule has 28 heavy (non-hydrogen) atoms. The van der Waals surface area contributed by atoms with E-state index >= 15 is 0 Å². The third-order valence-electron chi connectivity index (χ3n) is 4.82. The maximum Gasteiger partial charge on any atom is 0.416 e. The zero-order valence-corrected chi connectivity index (χ0v) is 16.2. The van der Waals surface area contributed by atoms with Crippen LogP contribution in [0.5, 0.6) is 0 Å². The van der Waals surface area contributed by atoms with Gasteiger partial charge in [0.25, 0.3) is 5.91 Å². The molecule has 0 aromatic heterocycles. The van der Waals surface area contributed by atoms with Gasteiger partial charge in [-0.3, -0.25) is 9.79 Å². The Hall–Kier alpha value is -2.48. The van der Waals surface area contributed by atoms with Gasteiger partial charge < -0.3 is 11.1 Å². The van der Waals surface area contributed by atoms with E-state index in [9.17, 15) is 18.0 Å². The number of hydrogen-bond acceptors (Lipinski definition) is 4. The SMILES string of the molecule is Cc1c(C(=O)Nc2cccc(C3(C)CCSC(N)=N3)c2)cccc1C(F)(F)F. The topological polar surface area (TPSA) is 67.5 Å². The van der Waals surface area contributed by atoms with Crippen molar-refractivity contribution in [1.82, 2.24) is 0 Å². The highest BCUT2D eigenvalue weighted by atomic mass is 32.2. The van der Waals surface area contributed by atoms with Crippen LogP contribution < -0.4 is 11.1 Å². The van der Waals surface area contributed by atoms with Gasteiger partial charge >= 0.3 is 6.18 Å². The molecule has 0 spiro atoms. The molecule has 0 aliphatic carbocycles. The molecule has 1 unspecified atom stereocenters. The molecular formula is C20H20F3N3OS. The monoisotopic (exact) mass is 407 g/mol. The number of aliphatic imine (C=N–C) groups is 1. The lowest BCUT2D eigenvalue weighted by molar-refractivity contribution is -0.138. The molecule has 0 saturated carbocycles. The molecule has 8 heteroatoms. The van der Waals surface area contributed by atoms with Crippen molar-refractivity contribution >= 4 is 28.5 Å². The maximum absolute atomic E-state index is 13.1. The zero-order valence-electron chi connectivity index (χ0n) is 15.4. The van der Waals surface area contributed by atoms with Crippen molar-refractivity contribution < 1.29 is 18.0 Å². The number of benzene rings is 2. The van der Waals surface area contributed by atoms with Gasteiger partial charge in [-0.05, 0) is 55.7 Å². The molecule has 1 amide bonds. The number of carbonyl (C=O) groups is 1. The molecule has 3 N–H and O–H groups in total. The van der Waals surface area contributed by atoms with Gasteiger partial charge in [-0.25, -0.2) is 0 Å². The summed E-state index contributed by atoms with van der Waals surface area (Å²) in [6.07, 6.45) is -3.71. The van der Waals surface area contributed by atoms with Crippen molar-refractivity contribution in [3.63, 3.8) is 0 Å². The van der Waals surface area contributed by atoms with Gasteiger partial charge in [0.2, 0.25) is 0 Å². The molecule has 3 rings (SSSR count). The summed E-state index contributed by atoms with van der Waals surface area (Å²) in [6.45, 7) is 3.27. The Balaban J connectivity index is 1.88. The lowest BCUT2D eigenvalue weighted by atomic mass is 9.89. The third-order valence-corrected chi connectivity index (χ3v) is 5.62. The van der Waals surface area contributed by atoms with E-state index in [2.05, 4.69) is 10.3 Å². The second-order valence-electron chi connectivity index (χ2n) is 6.83. The van der Waals surface area contributed by atoms with Crippen LogP contribution in [0.2, 0.25) is 0 Å². The quantitative estimate of drug-likeness (QED) is 0.758. The number of hydrogen-bond donors (Lipinski definition) is 2. The number of nitrogens with two attached hydrogens (primary N) is 1. The van der Waals surface area contributed by atoms with E-state index in [1.807, 2.05) is 13.0 Å². The highest BCUT2D eigenvalue weighted by molar-refractivity contribution is 8.13. The van der Waals surface area contributed by atoms with Crippen LogP contribution in [0.25, 0.3) is 0 Å².